The quantitative estimate of drug-likeness (QED) is 0.0322. The third kappa shape index (κ3) is 26.8. The zero-order valence-corrected chi connectivity index (χ0v) is 59.0. The molecule has 9 aromatic rings. The highest BCUT2D eigenvalue weighted by Gasteiger charge is 2.26. The minimum atomic E-state index is -0.566. The minimum Gasteiger partial charge on any atom is -0.508 e. The van der Waals surface area contributed by atoms with E-state index >= 15 is 0 Å². The molecule has 0 aliphatic carbocycles. The molecule has 1 heterocycles. The SMILES string of the molecule is CC(C)(C)c1cc(O)ccc1O.CC(C)(C)c1cc(OC(=O)c2ccc(O)cc2)ccc1OC(=O)c1ccc(O)cc1.CCN(CC)CC.COc1ccc(C(=O)Cl)cc1.COc1ccc(C(=O)Oc2ccc(OC(=O)c3ccc(OC)cc3)c(C(C)(C)C)c2)cc1.c1ccncc1. The molecule has 0 amide bonds. The normalized spacial score (nSPS) is 10.6. The van der Waals surface area contributed by atoms with Crippen molar-refractivity contribution in [2.45, 2.75) is 99.3 Å². The summed E-state index contributed by atoms with van der Waals surface area (Å²) >= 11 is 5.22. The lowest BCUT2D eigenvalue weighted by Crippen LogP contribution is -2.21. The van der Waals surface area contributed by atoms with E-state index in [9.17, 15) is 44.4 Å². The second kappa shape index (κ2) is 38.8. The molecule has 4 N–H and O–H groups in total. The van der Waals surface area contributed by atoms with Crippen LogP contribution in [0.3, 0.4) is 0 Å². The molecule has 0 saturated carbocycles. The standard InChI is InChI=1S/C26H26O6.C24H22O6.C10H14O2.C8H7ClO2.C6H15N.C5H5N/c1-26(2,3)22-16-21(31-24(27)17-6-10-19(29-4)11-7-17)14-15-23(22)32-25(28)18-8-12-20(30-5)13-9-18;1-24(2,3)20-14-19(29-22(27)15-4-8-17(25)9-5-15)12-13-21(20)30-23(28)16-6-10-18(26)11-7-16;1-10(2,3)8-6-7(11)4-5-9(8)12;1-11-7-4-2-6(3-5-7)8(9)10;1-4-7(5-2)6-3;1-2-4-6-5-3-1/h6-16H,1-5H3;4-14,25-26H,1-3H3;4-6,11-12H,1-3H3;2-5H,1H3;4-6H2,1-3H3;1-5H. The number of carbonyl (C=O) groups excluding carboxylic acids is 5. The van der Waals surface area contributed by atoms with E-state index in [2.05, 4.69) is 30.7 Å². The number of phenolic OH excluding ortho intramolecular Hbond substituents is 4. The van der Waals surface area contributed by atoms with Crippen molar-refractivity contribution in [3.05, 3.63) is 251 Å². The number of phenols is 4. The van der Waals surface area contributed by atoms with Gasteiger partial charge in [-0.15, -0.1) is 0 Å². The van der Waals surface area contributed by atoms with Gasteiger partial charge in [0.1, 0.15) is 63.2 Å². The van der Waals surface area contributed by atoms with E-state index < -0.39 is 34.5 Å². The number of aromatic hydroxyl groups is 4. The summed E-state index contributed by atoms with van der Waals surface area (Å²) in [7, 11) is 4.69. The molecule has 0 unspecified atom stereocenters. The van der Waals surface area contributed by atoms with Gasteiger partial charge in [0.2, 0.25) is 0 Å². The molecule has 0 atom stereocenters. The van der Waals surface area contributed by atoms with Gasteiger partial charge in [0, 0.05) is 34.6 Å². The Balaban J connectivity index is 0.000000279. The maximum absolute atomic E-state index is 12.6. The fraction of sp³-hybridized carbons (Fsp3) is 0.266. The van der Waals surface area contributed by atoms with Gasteiger partial charge in [0.05, 0.1) is 43.6 Å². The number of nitrogens with zero attached hydrogens (tertiary/aromatic N) is 2. The van der Waals surface area contributed by atoms with Gasteiger partial charge < -0.3 is 58.5 Å². The maximum Gasteiger partial charge on any atom is 0.343 e. The summed E-state index contributed by atoms with van der Waals surface area (Å²) in [5.41, 5.74) is 3.18. The average molecular weight is 1360 g/mol. The Hall–Kier alpha value is -10.7. The molecule has 1 aromatic heterocycles. The number of benzene rings is 8. The molecule has 0 saturated heterocycles. The molecule has 0 bridgehead atoms. The first-order valence-electron chi connectivity index (χ1n) is 31.3. The first-order chi connectivity index (χ1) is 46.3. The van der Waals surface area contributed by atoms with Crippen LogP contribution in [0.1, 0.15) is 152 Å². The zero-order chi connectivity index (χ0) is 72.8. The van der Waals surface area contributed by atoms with E-state index in [4.69, 9.17) is 44.8 Å². The topological polar surface area (TPSA) is 247 Å². The number of rotatable bonds is 15. The van der Waals surface area contributed by atoms with Crippen molar-refractivity contribution >= 4 is 40.7 Å². The molecule has 19 heteroatoms. The molecule has 18 nitrogen and oxygen atoms in total. The van der Waals surface area contributed by atoms with Crippen LogP contribution in [0.15, 0.2) is 207 Å². The van der Waals surface area contributed by atoms with Crippen LogP contribution >= 0.6 is 11.6 Å². The molecule has 518 valence electrons. The minimum absolute atomic E-state index is 0.0568. The molecule has 0 fully saturated rings. The van der Waals surface area contributed by atoms with Gasteiger partial charge in [-0.05, 0) is 236 Å². The van der Waals surface area contributed by atoms with Crippen molar-refractivity contribution in [2.75, 3.05) is 41.0 Å². The van der Waals surface area contributed by atoms with E-state index in [1.54, 1.807) is 149 Å². The Morgan fingerprint density at radius 3 is 0.918 bits per heavy atom. The predicted molar refractivity (Wildman–Crippen MR) is 382 cm³/mol. The summed E-state index contributed by atoms with van der Waals surface area (Å²) in [5, 5.41) is 36.9. The van der Waals surface area contributed by atoms with E-state index in [0.29, 0.717) is 73.6 Å². The lowest BCUT2D eigenvalue weighted by molar-refractivity contribution is 0.0716. The summed E-state index contributed by atoms with van der Waals surface area (Å²) in [5.74, 6) is 1.89. The Kier molecular flexibility index (Phi) is 31.5. The Bertz CT molecular complexity index is 3920. The Morgan fingerprint density at radius 1 is 0.367 bits per heavy atom. The van der Waals surface area contributed by atoms with Crippen molar-refractivity contribution < 1.29 is 77.6 Å². The molecule has 0 radical (unpaired) electrons. The van der Waals surface area contributed by atoms with Gasteiger partial charge in [0.25, 0.3) is 5.24 Å². The number of methoxy groups -OCH3 is 3. The first kappa shape index (κ1) is 79.7. The molecule has 0 aliphatic rings. The van der Waals surface area contributed by atoms with Crippen molar-refractivity contribution in [3.8, 4) is 63.2 Å². The van der Waals surface area contributed by atoms with Crippen molar-refractivity contribution in [1.82, 2.24) is 9.88 Å². The van der Waals surface area contributed by atoms with Gasteiger partial charge in [-0.2, -0.15) is 0 Å². The molecule has 0 aliphatic heterocycles. The summed E-state index contributed by atoms with van der Waals surface area (Å²) in [6.45, 7) is 27.9. The van der Waals surface area contributed by atoms with Gasteiger partial charge >= 0.3 is 23.9 Å². The molecule has 9 rings (SSSR count). The first-order valence-corrected chi connectivity index (χ1v) is 31.7. The number of ether oxygens (including phenoxy) is 7. The van der Waals surface area contributed by atoms with Crippen LogP contribution in [0, 0.1) is 0 Å². The third-order valence-corrected chi connectivity index (χ3v) is 14.4. The largest absolute Gasteiger partial charge is 0.508 e. The predicted octanol–water partition coefficient (Wildman–Crippen LogP) is 17.2. The van der Waals surface area contributed by atoms with Crippen LogP contribution in [0.2, 0.25) is 0 Å². The third-order valence-electron chi connectivity index (χ3n) is 14.2. The van der Waals surface area contributed by atoms with Crippen molar-refractivity contribution in [2.24, 2.45) is 0 Å². The zero-order valence-electron chi connectivity index (χ0n) is 58.2. The molecule has 8 aromatic carbocycles. The van der Waals surface area contributed by atoms with Crippen LogP contribution < -0.4 is 33.2 Å². The van der Waals surface area contributed by atoms with E-state index in [0.717, 1.165) is 11.1 Å². The Labute approximate surface area is 579 Å². The number of hydrogen-bond donors (Lipinski definition) is 4. The number of halogens is 1. The number of carbonyl (C=O) groups is 5. The molecule has 0 spiro atoms. The van der Waals surface area contributed by atoms with E-state index in [1.807, 2.05) is 80.5 Å². The summed E-state index contributed by atoms with van der Waals surface area (Å²) < 4.78 is 37.3. The molecular weight excluding hydrogens is 1270 g/mol. The van der Waals surface area contributed by atoms with Gasteiger partial charge in [-0.25, -0.2) is 19.2 Å². The number of aromatic nitrogens is 1. The van der Waals surface area contributed by atoms with Crippen LogP contribution in [0.25, 0.3) is 0 Å². The van der Waals surface area contributed by atoms with Crippen LogP contribution in [0.5, 0.6) is 63.2 Å². The fourth-order valence-electron chi connectivity index (χ4n) is 8.62. The Morgan fingerprint density at radius 2 is 0.663 bits per heavy atom. The van der Waals surface area contributed by atoms with Gasteiger partial charge in [0.15, 0.2) is 0 Å². The average Bonchev–Trinajstić information content (AvgIpc) is 0.815. The highest BCUT2D eigenvalue weighted by atomic mass is 35.5. The fourth-order valence-corrected chi connectivity index (χ4v) is 8.75. The number of pyridine rings is 1. The van der Waals surface area contributed by atoms with E-state index in [-0.39, 0.29) is 33.8 Å². The van der Waals surface area contributed by atoms with Gasteiger partial charge in [-0.3, -0.25) is 9.78 Å². The van der Waals surface area contributed by atoms with Crippen LogP contribution in [0.4, 0.5) is 0 Å². The summed E-state index contributed by atoms with van der Waals surface area (Å²) in [6.07, 6.45) is 3.50. The summed E-state index contributed by atoms with van der Waals surface area (Å²) in [4.78, 5) is 66.7. The molecular formula is C79H89ClN2O16. The molecule has 98 heavy (non-hydrogen) atoms. The maximum atomic E-state index is 12.6. The summed E-state index contributed by atoms with van der Waals surface area (Å²) in [6, 6.07) is 51.5. The van der Waals surface area contributed by atoms with E-state index in [1.165, 1.54) is 80.3 Å². The second-order valence-corrected chi connectivity index (χ2v) is 24.9. The lowest BCUT2D eigenvalue weighted by atomic mass is 9.86. The van der Waals surface area contributed by atoms with Crippen molar-refractivity contribution in [1.29, 1.82) is 0 Å². The number of hydrogen-bond acceptors (Lipinski definition) is 18. The van der Waals surface area contributed by atoms with Crippen molar-refractivity contribution in [3.63, 3.8) is 0 Å². The lowest BCUT2D eigenvalue weighted by Gasteiger charge is -2.23. The smallest absolute Gasteiger partial charge is 0.343 e. The van der Waals surface area contributed by atoms with Crippen LogP contribution in [-0.2, 0) is 16.2 Å². The monoisotopic (exact) mass is 1360 g/mol. The highest BCUT2D eigenvalue weighted by molar-refractivity contribution is 6.67. The second-order valence-electron chi connectivity index (χ2n) is 24.5. The van der Waals surface area contributed by atoms with Crippen LogP contribution in [-0.4, -0.2) is 100 Å². The highest BCUT2D eigenvalue weighted by Crippen LogP contribution is 2.38. The number of esters is 4. The van der Waals surface area contributed by atoms with Gasteiger partial charge in [-0.1, -0.05) is 89.2 Å².